The van der Waals surface area contributed by atoms with Crippen molar-refractivity contribution in [3.63, 3.8) is 0 Å². The van der Waals surface area contributed by atoms with Crippen molar-refractivity contribution in [1.29, 1.82) is 0 Å². The van der Waals surface area contributed by atoms with E-state index in [1.165, 1.54) is 0 Å². The maximum absolute atomic E-state index is 9.86. The van der Waals surface area contributed by atoms with Crippen LogP contribution in [0.4, 0.5) is 5.82 Å². The predicted molar refractivity (Wildman–Crippen MR) is 65.4 cm³/mol. The largest absolute Gasteiger partial charge is 0.394 e. The highest BCUT2D eigenvalue weighted by atomic mass is 32.1. The van der Waals surface area contributed by atoms with Crippen molar-refractivity contribution < 1.29 is 20.4 Å². The average molecular weight is 275 g/mol. The van der Waals surface area contributed by atoms with Gasteiger partial charge >= 0.3 is 0 Å². The molecule has 4 N–H and O–H groups in total. The summed E-state index contributed by atoms with van der Waals surface area (Å²) < 4.78 is 8.11. The molecule has 1 aromatic heterocycles. The number of aliphatic hydroxyl groups excluding tert-OH is 4. The highest BCUT2D eigenvalue weighted by Crippen LogP contribution is 2.28. The third kappa shape index (κ3) is 2.78. The monoisotopic (exact) mass is 275 g/mol. The van der Waals surface area contributed by atoms with Crippen LogP contribution in [0.3, 0.4) is 0 Å². The molecule has 8 heteroatoms. The van der Waals surface area contributed by atoms with E-state index in [0.717, 1.165) is 11.7 Å². The van der Waals surface area contributed by atoms with Gasteiger partial charge in [0.25, 0.3) is 0 Å². The molecule has 0 aromatic carbocycles. The fourth-order valence-electron chi connectivity index (χ4n) is 1.96. The minimum absolute atomic E-state index is 0.288. The first-order chi connectivity index (χ1) is 8.63. The summed E-state index contributed by atoms with van der Waals surface area (Å²) in [5.41, 5.74) is 0.290. The fourth-order valence-corrected chi connectivity index (χ4v) is 2.56. The zero-order valence-corrected chi connectivity index (χ0v) is 10.6. The molecule has 1 aromatic rings. The van der Waals surface area contributed by atoms with Crippen molar-refractivity contribution in [3.05, 3.63) is 5.69 Å². The van der Waals surface area contributed by atoms with Crippen molar-refractivity contribution in [2.24, 2.45) is 0 Å². The Bertz CT molecular complexity index is 381. The Hall–Kier alpha value is -0.800. The number of hydrogen-bond acceptors (Lipinski definition) is 8. The van der Waals surface area contributed by atoms with E-state index in [1.54, 1.807) is 0 Å². The van der Waals surface area contributed by atoms with Crippen LogP contribution in [0.15, 0.2) is 0 Å². The predicted octanol–water partition coefficient (Wildman–Crippen LogP) is -1.11. The summed E-state index contributed by atoms with van der Waals surface area (Å²) in [7, 11) is 0. The summed E-state index contributed by atoms with van der Waals surface area (Å²) in [5.74, 6) is 0.534. The van der Waals surface area contributed by atoms with Gasteiger partial charge in [-0.2, -0.15) is 8.75 Å². The standard InChI is InChI=1S/C10H17N3O4S/c14-5-7(16)9(17)8-10(12-18-11-8)13-3-1-6(15)2-4-13/h6-7,9,14-17H,1-5H2. The molecule has 18 heavy (non-hydrogen) atoms. The Morgan fingerprint density at radius 2 is 1.94 bits per heavy atom. The molecule has 0 bridgehead atoms. The van der Waals surface area contributed by atoms with Crippen molar-refractivity contribution >= 4 is 17.5 Å². The van der Waals surface area contributed by atoms with Crippen LogP contribution in [0.25, 0.3) is 0 Å². The summed E-state index contributed by atoms with van der Waals surface area (Å²) in [6.45, 7) is 0.750. The molecule has 0 aliphatic carbocycles. The second kappa shape index (κ2) is 5.89. The quantitative estimate of drug-likeness (QED) is 0.551. The molecule has 102 valence electrons. The maximum atomic E-state index is 9.86. The number of aromatic nitrogens is 2. The van der Waals surface area contributed by atoms with Crippen molar-refractivity contribution in [2.45, 2.75) is 31.2 Å². The molecular weight excluding hydrogens is 258 g/mol. The topological polar surface area (TPSA) is 110 Å². The van der Waals surface area contributed by atoms with Crippen LogP contribution >= 0.6 is 11.7 Å². The molecule has 2 unspecified atom stereocenters. The lowest BCUT2D eigenvalue weighted by atomic mass is 10.1. The number of rotatable bonds is 4. The summed E-state index contributed by atoms with van der Waals surface area (Å²) in [6, 6.07) is 0. The van der Waals surface area contributed by atoms with E-state index >= 15 is 0 Å². The molecule has 2 rings (SSSR count). The molecular formula is C10H17N3O4S. The Labute approximate surface area is 109 Å². The minimum Gasteiger partial charge on any atom is -0.394 e. The van der Waals surface area contributed by atoms with Gasteiger partial charge in [0, 0.05) is 13.1 Å². The first-order valence-electron chi connectivity index (χ1n) is 5.86. The van der Waals surface area contributed by atoms with Crippen LogP contribution in [-0.4, -0.2) is 61.1 Å². The van der Waals surface area contributed by atoms with E-state index in [2.05, 4.69) is 8.75 Å². The number of hydrogen-bond donors (Lipinski definition) is 4. The lowest BCUT2D eigenvalue weighted by Gasteiger charge is -2.30. The Kier molecular flexibility index (Phi) is 4.46. The van der Waals surface area contributed by atoms with Crippen LogP contribution in [-0.2, 0) is 0 Å². The summed E-state index contributed by atoms with van der Waals surface area (Å²) in [4.78, 5) is 1.93. The molecule has 2 heterocycles. The Balaban J connectivity index is 2.12. The highest BCUT2D eigenvalue weighted by molar-refractivity contribution is 6.99. The van der Waals surface area contributed by atoms with Gasteiger partial charge in [0.05, 0.1) is 24.4 Å². The molecule has 1 aliphatic rings. The molecule has 2 atom stereocenters. The van der Waals surface area contributed by atoms with Crippen LogP contribution in [0, 0.1) is 0 Å². The fraction of sp³-hybridized carbons (Fsp3) is 0.800. The lowest BCUT2D eigenvalue weighted by molar-refractivity contribution is -0.0167. The van der Waals surface area contributed by atoms with E-state index in [0.29, 0.717) is 31.7 Å². The maximum Gasteiger partial charge on any atom is 0.168 e. The molecule has 1 aliphatic heterocycles. The number of aliphatic hydroxyl groups is 4. The van der Waals surface area contributed by atoms with Gasteiger partial charge in [-0.1, -0.05) is 0 Å². The summed E-state index contributed by atoms with van der Waals surface area (Å²) in [5, 5.41) is 37.6. The minimum atomic E-state index is -1.26. The summed E-state index contributed by atoms with van der Waals surface area (Å²) >= 11 is 0.960. The van der Waals surface area contributed by atoms with Crippen LogP contribution in [0.5, 0.6) is 0 Å². The SMILES string of the molecule is OCC(O)C(O)c1nsnc1N1CCC(O)CC1. The van der Waals surface area contributed by atoms with E-state index in [4.69, 9.17) is 5.11 Å². The third-order valence-electron chi connectivity index (χ3n) is 3.09. The van der Waals surface area contributed by atoms with Gasteiger partial charge in [0.15, 0.2) is 5.82 Å². The van der Waals surface area contributed by atoms with Gasteiger partial charge < -0.3 is 25.3 Å². The molecule has 0 spiro atoms. The van der Waals surface area contributed by atoms with E-state index in [9.17, 15) is 15.3 Å². The third-order valence-corrected chi connectivity index (χ3v) is 3.62. The number of anilines is 1. The normalized spacial score (nSPS) is 21.0. The Morgan fingerprint density at radius 1 is 1.28 bits per heavy atom. The van der Waals surface area contributed by atoms with Crippen molar-refractivity contribution in [2.75, 3.05) is 24.6 Å². The van der Waals surface area contributed by atoms with Gasteiger partial charge in [-0.05, 0) is 12.8 Å². The van der Waals surface area contributed by atoms with E-state index in [1.807, 2.05) is 4.90 Å². The molecule has 0 amide bonds. The number of piperidine rings is 1. The van der Waals surface area contributed by atoms with Crippen LogP contribution < -0.4 is 4.90 Å². The molecule has 7 nitrogen and oxygen atoms in total. The zero-order valence-electron chi connectivity index (χ0n) is 9.81. The van der Waals surface area contributed by atoms with Crippen molar-refractivity contribution in [1.82, 2.24) is 8.75 Å². The van der Waals surface area contributed by atoms with E-state index < -0.39 is 18.8 Å². The van der Waals surface area contributed by atoms with Gasteiger partial charge in [-0.25, -0.2) is 0 Å². The number of nitrogens with zero attached hydrogens (tertiary/aromatic N) is 3. The first kappa shape index (κ1) is 13.6. The summed E-state index contributed by atoms with van der Waals surface area (Å²) in [6.07, 6.45) is -1.49. The van der Waals surface area contributed by atoms with Gasteiger partial charge in [0.1, 0.15) is 17.9 Å². The molecule has 0 saturated carbocycles. The highest BCUT2D eigenvalue weighted by Gasteiger charge is 2.28. The average Bonchev–Trinajstić information content (AvgIpc) is 2.87. The van der Waals surface area contributed by atoms with Gasteiger partial charge in [-0.3, -0.25) is 0 Å². The molecule has 0 radical (unpaired) electrons. The second-order valence-corrected chi connectivity index (χ2v) is 4.91. The van der Waals surface area contributed by atoms with E-state index in [-0.39, 0.29) is 11.8 Å². The van der Waals surface area contributed by atoms with Crippen LogP contribution in [0.2, 0.25) is 0 Å². The van der Waals surface area contributed by atoms with Crippen molar-refractivity contribution in [3.8, 4) is 0 Å². The second-order valence-electron chi connectivity index (χ2n) is 4.39. The lowest BCUT2D eigenvalue weighted by Crippen LogP contribution is -2.37. The first-order valence-corrected chi connectivity index (χ1v) is 6.59. The Morgan fingerprint density at radius 3 is 2.56 bits per heavy atom. The molecule has 1 saturated heterocycles. The van der Waals surface area contributed by atoms with Gasteiger partial charge in [-0.15, -0.1) is 0 Å². The molecule has 1 fully saturated rings. The smallest absolute Gasteiger partial charge is 0.168 e. The van der Waals surface area contributed by atoms with Gasteiger partial charge in [0.2, 0.25) is 0 Å². The van der Waals surface area contributed by atoms with Crippen LogP contribution in [0.1, 0.15) is 24.6 Å². The zero-order chi connectivity index (χ0) is 13.1.